The molecule has 0 aliphatic carbocycles. The van der Waals surface area contributed by atoms with E-state index >= 15 is 0 Å². The highest BCUT2D eigenvalue weighted by Crippen LogP contribution is 2.26. The molecule has 6 nitrogen and oxygen atoms in total. The van der Waals surface area contributed by atoms with Gasteiger partial charge in [0.25, 0.3) is 0 Å². The van der Waals surface area contributed by atoms with E-state index in [1.807, 2.05) is 42.5 Å². The molecule has 2 aliphatic rings. The summed E-state index contributed by atoms with van der Waals surface area (Å²) in [7, 11) is -3.46. The van der Waals surface area contributed by atoms with Crippen LogP contribution in [-0.2, 0) is 21.3 Å². The molecule has 2 fully saturated rings. The molecule has 34 heavy (non-hydrogen) atoms. The van der Waals surface area contributed by atoms with Crippen molar-refractivity contribution in [3.63, 3.8) is 0 Å². The van der Waals surface area contributed by atoms with Crippen LogP contribution in [-0.4, -0.2) is 43.1 Å². The summed E-state index contributed by atoms with van der Waals surface area (Å²) in [6.07, 6.45) is 6.37. The molecule has 3 aromatic rings. The second-order valence-electron chi connectivity index (χ2n) is 8.94. The van der Waals surface area contributed by atoms with Crippen molar-refractivity contribution >= 4 is 27.0 Å². The monoisotopic (exact) mass is 497 g/mol. The van der Waals surface area contributed by atoms with E-state index < -0.39 is 10.0 Å². The van der Waals surface area contributed by atoms with E-state index in [4.69, 9.17) is 9.73 Å². The average molecular weight is 498 g/mol. The van der Waals surface area contributed by atoms with Crippen molar-refractivity contribution in [2.75, 3.05) is 19.7 Å². The molecule has 180 valence electrons. The minimum absolute atomic E-state index is 0.172. The Morgan fingerprint density at radius 1 is 0.941 bits per heavy atom. The molecule has 0 N–H and O–H groups in total. The number of hydrogen-bond donors (Lipinski definition) is 0. The summed E-state index contributed by atoms with van der Waals surface area (Å²) in [4.78, 5) is 6.16. The minimum atomic E-state index is -3.46. The third-order valence-corrected chi connectivity index (χ3v) is 9.32. The number of rotatable bonds is 6. The molecule has 0 bridgehead atoms. The SMILES string of the molecule is O=S(=O)(c1ccc(-c2csc(=Nc3ccccc3)n2C[C@H]2CCCO2)cc1)N1CCCCCC1. The lowest BCUT2D eigenvalue weighted by Gasteiger charge is -2.20. The Balaban J connectivity index is 1.47. The van der Waals surface area contributed by atoms with Crippen LogP contribution in [0.4, 0.5) is 5.69 Å². The maximum absolute atomic E-state index is 13.2. The molecule has 0 saturated carbocycles. The Kier molecular flexibility index (Phi) is 7.29. The standard InChI is InChI=1S/C26H31N3O3S2/c30-34(31,28-16-6-1-2-7-17-28)24-14-12-21(13-15-24)25-20-33-26(27-22-9-4-3-5-10-22)29(25)19-23-11-8-18-32-23/h3-5,9-10,12-15,20,23H,1-2,6-8,11,16-19H2/t23-/m1/s1. The van der Waals surface area contributed by atoms with Gasteiger partial charge in [-0.05, 0) is 55.5 Å². The highest BCUT2D eigenvalue weighted by Gasteiger charge is 2.25. The molecule has 8 heteroatoms. The summed E-state index contributed by atoms with van der Waals surface area (Å²) in [5, 5.41) is 2.11. The summed E-state index contributed by atoms with van der Waals surface area (Å²) in [5.74, 6) is 0. The maximum Gasteiger partial charge on any atom is 0.243 e. The third-order valence-electron chi connectivity index (χ3n) is 6.54. The van der Waals surface area contributed by atoms with Crippen molar-refractivity contribution in [1.82, 2.24) is 8.87 Å². The predicted molar refractivity (Wildman–Crippen MR) is 136 cm³/mol. The fourth-order valence-electron chi connectivity index (χ4n) is 4.66. The largest absolute Gasteiger partial charge is 0.376 e. The van der Waals surface area contributed by atoms with Gasteiger partial charge in [-0.25, -0.2) is 13.4 Å². The van der Waals surface area contributed by atoms with Crippen LogP contribution in [0, 0.1) is 0 Å². The van der Waals surface area contributed by atoms with E-state index in [0.29, 0.717) is 18.0 Å². The number of ether oxygens (including phenoxy) is 1. The molecule has 0 spiro atoms. The van der Waals surface area contributed by atoms with Gasteiger partial charge in [-0.2, -0.15) is 4.31 Å². The van der Waals surface area contributed by atoms with Crippen LogP contribution in [0.5, 0.6) is 0 Å². The van der Waals surface area contributed by atoms with Gasteiger partial charge >= 0.3 is 0 Å². The Hall–Kier alpha value is -2.26. The van der Waals surface area contributed by atoms with Gasteiger partial charge in [0.1, 0.15) is 0 Å². The van der Waals surface area contributed by atoms with Crippen LogP contribution in [0.3, 0.4) is 0 Å². The van der Waals surface area contributed by atoms with Gasteiger partial charge in [0.15, 0.2) is 4.80 Å². The highest BCUT2D eigenvalue weighted by molar-refractivity contribution is 7.89. The Labute approximate surface area is 205 Å². The Bertz CT molecular complexity index is 1250. The van der Waals surface area contributed by atoms with Crippen LogP contribution >= 0.6 is 11.3 Å². The van der Waals surface area contributed by atoms with Gasteiger partial charge in [-0.15, -0.1) is 11.3 Å². The van der Waals surface area contributed by atoms with E-state index in [1.165, 1.54) is 0 Å². The molecule has 2 aliphatic heterocycles. The summed E-state index contributed by atoms with van der Waals surface area (Å²) in [5.41, 5.74) is 2.93. The fourth-order valence-corrected chi connectivity index (χ4v) is 7.12. The van der Waals surface area contributed by atoms with Crippen molar-refractivity contribution in [2.24, 2.45) is 4.99 Å². The van der Waals surface area contributed by atoms with Gasteiger partial charge in [0.2, 0.25) is 10.0 Å². The van der Waals surface area contributed by atoms with Crippen LogP contribution < -0.4 is 4.80 Å². The first kappa shape index (κ1) is 23.5. The zero-order valence-electron chi connectivity index (χ0n) is 19.3. The highest BCUT2D eigenvalue weighted by atomic mass is 32.2. The number of aromatic nitrogens is 1. The molecule has 3 heterocycles. The van der Waals surface area contributed by atoms with Crippen molar-refractivity contribution < 1.29 is 13.2 Å². The van der Waals surface area contributed by atoms with E-state index in [0.717, 1.165) is 73.4 Å². The Morgan fingerprint density at radius 3 is 2.35 bits per heavy atom. The molecular formula is C26H31N3O3S2. The third kappa shape index (κ3) is 5.20. The number of benzene rings is 2. The number of para-hydroxylation sites is 1. The molecule has 1 aromatic heterocycles. The number of hydrogen-bond acceptors (Lipinski definition) is 5. The summed E-state index contributed by atoms with van der Waals surface area (Å²) >= 11 is 1.60. The fraction of sp³-hybridized carbons (Fsp3) is 0.423. The molecule has 5 rings (SSSR count). The first-order valence-electron chi connectivity index (χ1n) is 12.1. The molecular weight excluding hydrogens is 466 g/mol. The number of nitrogens with zero attached hydrogens (tertiary/aromatic N) is 3. The molecule has 1 atom stereocenters. The van der Waals surface area contributed by atoms with E-state index in [1.54, 1.807) is 27.8 Å². The van der Waals surface area contributed by atoms with E-state index in [-0.39, 0.29) is 6.10 Å². The zero-order chi connectivity index (χ0) is 23.4. The minimum Gasteiger partial charge on any atom is -0.376 e. The van der Waals surface area contributed by atoms with Crippen LogP contribution in [0.2, 0.25) is 0 Å². The molecule has 2 aromatic carbocycles. The van der Waals surface area contributed by atoms with Crippen LogP contribution in [0.25, 0.3) is 11.3 Å². The first-order chi connectivity index (χ1) is 16.6. The van der Waals surface area contributed by atoms with Gasteiger partial charge in [0.05, 0.1) is 28.9 Å². The lowest BCUT2D eigenvalue weighted by molar-refractivity contribution is 0.0968. The average Bonchev–Trinajstić information content (AvgIpc) is 3.42. The number of sulfonamides is 1. The second kappa shape index (κ2) is 10.6. The quantitative estimate of drug-likeness (QED) is 0.471. The van der Waals surface area contributed by atoms with Crippen LogP contribution in [0.1, 0.15) is 38.5 Å². The van der Waals surface area contributed by atoms with Crippen LogP contribution in [0.15, 0.2) is 69.9 Å². The molecule has 2 saturated heterocycles. The van der Waals surface area contributed by atoms with Gasteiger partial charge in [-0.1, -0.05) is 43.2 Å². The lowest BCUT2D eigenvalue weighted by Crippen LogP contribution is -2.31. The molecule has 0 amide bonds. The van der Waals surface area contributed by atoms with Crippen molar-refractivity contribution in [1.29, 1.82) is 0 Å². The lowest BCUT2D eigenvalue weighted by atomic mass is 10.1. The van der Waals surface area contributed by atoms with E-state index in [9.17, 15) is 8.42 Å². The maximum atomic E-state index is 13.2. The summed E-state index contributed by atoms with van der Waals surface area (Å²) in [6, 6.07) is 17.3. The van der Waals surface area contributed by atoms with E-state index in [2.05, 4.69) is 9.95 Å². The summed E-state index contributed by atoms with van der Waals surface area (Å²) < 4.78 is 36.1. The first-order valence-corrected chi connectivity index (χ1v) is 14.4. The van der Waals surface area contributed by atoms with Gasteiger partial charge in [0, 0.05) is 25.1 Å². The number of thiazole rings is 1. The predicted octanol–water partition coefficient (Wildman–Crippen LogP) is 5.19. The topological polar surface area (TPSA) is 63.9 Å². The molecule has 0 unspecified atom stereocenters. The normalized spacial score (nSPS) is 20.5. The molecule has 0 radical (unpaired) electrons. The van der Waals surface area contributed by atoms with Gasteiger partial charge < -0.3 is 9.30 Å². The van der Waals surface area contributed by atoms with Gasteiger partial charge in [-0.3, -0.25) is 0 Å². The van der Waals surface area contributed by atoms with Crippen molar-refractivity contribution in [2.45, 2.75) is 56.1 Å². The second-order valence-corrected chi connectivity index (χ2v) is 11.7. The zero-order valence-corrected chi connectivity index (χ0v) is 20.9. The smallest absolute Gasteiger partial charge is 0.243 e. The Morgan fingerprint density at radius 2 is 1.68 bits per heavy atom. The van der Waals surface area contributed by atoms with Crippen molar-refractivity contribution in [3.8, 4) is 11.3 Å². The summed E-state index contributed by atoms with van der Waals surface area (Å²) in [6.45, 7) is 2.76. The van der Waals surface area contributed by atoms with Crippen molar-refractivity contribution in [3.05, 3.63) is 64.8 Å².